The molecule has 1 aliphatic rings. The highest BCUT2D eigenvalue weighted by Gasteiger charge is 2.18. The number of hydrogen-bond acceptors (Lipinski definition) is 4. The number of likely N-dealkylation sites (N-methyl/N-ethyl adjacent to an activating group) is 1. The third kappa shape index (κ3) is 3.36. The van der Waals surface area contributed by atoms with Crippen LogP contribution in [0.2, 0.25) is 0 Å². The number of methoxy groups -OCH3 is 1. The van der Waals surface area contributed by atoms with Gasteiger partial charge in [0.25, 0.3) is 0 Å². The van der Waals surface area contributed by atoms with Crippen LogP contribution in [0.1, 0.15) is 23.2 Å². The van der Waals surface area contributed by atoms with Crippen molar-refractivity contribution in [1.82, 2.24) is 4.90 Å². The lowest BCUT2D eigenvalue weighted by atomic mass is 10.2. The van der Waals surface area contributed by atoms with Crippen molar-refractivity contribution >= 4 is 17.6 Å². The summed E-state index contributed by atoms with van der Waals surface area (Å²) in [5.74, 6) is -0.305. The summed E-state index contributed by atoms with van der Waals surface area (Å²) in [7, 11) is 3.10. The summed E-state index contributed by atoms with van der Waals surface area (Å²) in [6, 6.07) is 6.85. The quantitative estimate of drug-likeness (QED) is 0.783. The molecule has 0 unspecified atom stereocenters. The highest BCUT2D eigenvalue weighted by Crippen LogP contribution is 2.15. The molecule has 0 bridgehead atoms. The van der Waals surface area contributed by atoms with E-state index in [1.165, 1.54) is 20.0 Å². The first kappa shape index (κ1) is 14.5. The molecule has 0 aromatic heterocycles. The molecule has 1 aromatic rings. The van der Waals surface area contributed by atoms with E-state index in [0.717, 1.165) is 18.8 Å². The fraction of sp³-hybridized carbons (Fsp3) is 0.467. The van der Waals surface area contributed by atoms with Crippen LogP contribution in [0.15, 0.2) is 24.3 Å². The van der Waals surface area contributed by atoms with Crippen LogP contribution >= 0.6 is 0 Å². The molecule has 1 fully saturated rings. The maximum absolute atomic E-state index is 12.2. The Morgan fingerprint density at radius 1 is 1.20 bits per heavy atom. The number of esters is 1. The van der Waals surface area contributed by atoms with Gasteiger partial charge in [-0.15, -0.1) is 0 Å². The number of hydrogen-bond donors (Lipinski definition) is 0. The number of anilines is 1. The van der Waals surface area contributed by atoms with E-state index in [0.29, 0.717) is 12.1 Å². The summed E-state index contributed by atoms with van der Waals surface area (Å²) in [6.45, 7) is 2.46. The van der Waals surface area contributed by atoms with Crippen LogP contribution in [-0.4, -0.2) is 50.6 Å². The highest BCUT2D eigenvalue weighted by atomic mass is 16.5. The number of nitrogens with zero attached hydrogens (tertiary/aromatic N) is 2. The smallest absolute Gasteiger partial charge is 0.337 e. The molecule has 1 aromatic carbocycles. The Morgan fingerprint density at radius 3 is 2.35 bits per heavy atom. The molecule has 0 saturated carbocycles. The average Bonchev–Trinajstić information content (AvgIpc) is 2.98. The molecule has 0 N–H and O–H groups in total. The van der Waals surface area contributed by atoms with Crippen molar-refractivity contribution in [2.45, 2.75) is 12.8 Å². The molecule has 1 saturated heterocycles. The molecule has 0 radical (unpaired) electrons. The SMILES string of the molecule is COC(=O)c1ccc(N(C)C(=O)CN2CCCC2)cc1. The predicted octanol–water partition coefficient (Wildman–Crippen LogP) is 1.53. The highest BCUT2D eigenvalue weighted by molar-refractivity contribution is 5.95. The van der Waals surface area contributed by atoms with Crippen LogP contribution in [0.5, 0.6) is 0 Å². The Balaban J connectivity index is 1.98. The Morgan fingerprint density at radius 2 is 1.80 bits per heavy atom. The number of ether oxygens (including phenoxy) is 1. The van der Waals surface area contributed by atoms with Gasteiger partial charge in [0.05, 0.1) is 19.2 Å². The standard InChI is InChI=1S/C15H20N2O3/c1-16(14(18)11-17-9-3-4-10-17)13-7-5-12(6-8-13)15(19)20-2/h5-8H,3-4,9-11H2,1-2H3. The second-order valence-corrected chi connectivity index (χ2v) is 4.97. The first-order valence-electron chi connectivity index (χ1n) is 6.79. The monoisotopic (exact) mass is 276 g/mol. The lowest BCUT2D eigenvalue weighted by Gasteiger charge is -2.21. The number of carbonyl (C=O) groups is 2. The van der Waals surface area contributed by atoms with Gasteiger partial charge in [0.15, 0.2) is 0 Å². The summed E-state index contributed by atoms with van der Waals surface area (Å²) in [4.78, 5) is 27.3. The molecule has 108 valence electrons. The van der Waals surface area contributed by atoms with Gasteiger partial charge < -0.3 is 9.64 Å². The van der Waals surface area contributed by atoms with E-state index in [1.54, 1.807) is 36.2 Å². The van der Waals surface area contributed by atoms with Crippen molar-refractivity contribution in [2.24, 2.45) is 0 Å². The van der Waals surface area contributed by atoms with E-state index >= 15 is 0 Å². The molecule has 5 nitrogen and oxygen atoms in total. The average molecular weight is 276 g/mol. The maximum atomic E-state index is 12.2. The van der Waals surface area contributed by atoms with Gasteiger partial charge >= 0.3 is 5.97 Å². The van der Waals surface area contributed by atoms with Gasteiger partial charge in [-0.05, 0) is 50.2 Å². The Labute approximate surface area is 119 Å². The van der Waals surface area contributed by atoms with Crippen molar-refractivity contribution in [3.63, 3.8) is 0 Å². The summed E-state index contributed by atoms with van der Waals surface area (Å²) < 4.78 is 4.65. The van der Waals surface area contributed by atoms with E-state index in [9.17, 15) is 9.59 Å². The van der Waals surface area contributed by atoms with Crippen LogP contribution in [-0.2, 0) is 9.53 Å². The van der Waals surface area contributed by atoms with Crippen molar-refractivity contribution in [2.75, 3.05) is 38.7 Å². The summed E-state index contributed by atoms with van der Waals surface area (Å²) >= 11 is 0. The number of amides is 1. The van der Waals surface area contributed by atoms with Crippen LogP contribution in [0.3, 0.4) is 0 Å². The first-order chi connectivity index (χ1) is 9.61. The zero-order valence-electron chi connectivity index (χ0n) is 12.0. The lowest BCUT2D eigenvalue weighted by molar-refractivity contribution is -0.119. The van der Waals surface area contributed by atoms with Gasteiger partial charge in [-0.1, -0.05) is 0 Å². The van der Waals surface area contributed by atoms with E-state index in [2.05, 4.69) is 9.64 Å². The normalized spacial score (nSPS) is 15.1. The third-order valence-corrected chi connectivity index (χ3v) is 3.61. The summed E-state index contributed by atoms with van der Waals surface area (Å²) in [5, 5.41) is 0. The Hall–Kier alpha value is -1.88. The van der Waals surface area contributed by atoms with Gasteiger partial charge in [-0.3, -0.25) is 9.69 Å². The van der Waals surface area contributed by atoms with Crippen LogP contribution in [0, 0.1) is 0 Å². The molecular weight excluding hydrogens is 256 g/mol. The van der Waals surface area contributed by atoms with Crippen LogP contribution in [0.4, 0.5) is 5.69 Å². The minimum Gasteiger partial charge on any atom is -0.465 e. The molecule has 0 aliphatic carbocycles. The minimum atomic E-state index is -0.373. The van der Waals surface area contributed by atoms with Crippen molar-refractivity contribution < 1.29 is 14.3 Å². The van der Waals surface area contributed by atoms with Gasteiger partial charge in [-0.2, -0.15) is 0 Å². The topological polar surface area (TPSA) is 49.9 Å². The molecule has 1 heterocycles. The largest absolute Gasteiger partial charge is 0.465 e. The molecule has 1 aliphatic heterocycles. The number of rotatable bonds is 4. The van der Waals surface area contributed by atoms with E-state index in [4.69, 9.17) is 0 Å². The van der Waals surface area contributed by atoms with E-state index in [1.807, 2.05) is 0 Å². The summed E-state index contributed by atoms with van der Waals surface area (Å²) in [6.07, 6.45) is 2.34. The Kier molecular flexibility index (Phi) is 4.74. The number of likely N-dealkylation sites (tertiary alicyclic amines) is 1. The Bertz CT molecular complexity index is 478. The van der Waals surface area contributed by atoms with E-state index < -0.39 is 0 Å². The van der Waals surface area contributed by atoms with Crippen LogP contribution in [0.25, 0.3) is 0 Å². The molecule has 0 atom stereocenters. The number of benzene rings is 1. The zero-order valence-corrected chi connectivity index (χ0v) is 12.0. The molecule has 0 spiro atoms. The van der Waals surface area contributed by atoms with Gasteiger partial charge in [-0.25, -0.2) is 4.79 Å². The molecule has 5 heteroatoms. The molecule has 2 rings (SSSR count). The molecule has 1 amide bonds. The predicted molar refractivity (Wildman–Crippen MR) is 76.9 cm³/mol. The van der Waals surface area contributed by atoms with Crippen molar-refractivity contribution in [3.8, 4) is 0 Å². The van der Waals surface area contributed by atoms with Gasteiger partial charge in [0, 0.05) is 12.7 Å². The van der Waals surface area contributed by atoms with E-state index in [-0.39, 0.29) is 11.9 Å². The third-order valence-electron chi connectivity index (χ3n) is 3.61. The summed E-state index contributed by atoms with van der Waals surface area (Å²) in [5.41, 5.74) is 1.26. The van der Waals surface area contributed by atoms with Gasteiger partial charge in [0.1, 0.15) is 0 Å². The fourth-order valence-corrected chi connectivity index (χ4v) is 2.32. The second kappa shape index (κ2) is 6.52. The van der Waals surface area contributed by atoms with Crippen molar-refractivity contribution in [3.05, 3.63) is 29.8 Å². The molecular formula is C15H20N2O3. The first-order valence-corrected chi connectivity index (χ1v) is 6.79. The zero-order chi connectivity index (χ0) is 14.5. The maximum Gasteiger partial charge on any atom is 0.337 e. The van der Waals surface area contributed by atoms with Crippen molar-refractivity contribution in [1.29, 1.82) is 0 Å². The molecule has 20 heavy (non-hydrogen) atoms. The number of carbonyl (C=O) groups excluding carboxylic acids is 2. The van der Waals surface area contributed by atoms with Gasteiger partial charge in [0.2, 0.25) is 5.91 Å². The van der Waals surface area contributed by atoms with Crippen LogP contribution < -0.4 is 4.90 Å². The lowest BCUT2D eigenvalue weighted by Crippen LogP contribution is -2.37. The fourth-order valence-electron chi connectivity index (χ4n) is 2.32. The minimum absolute atomic E-state index is 0.0673. The second-order valence-electron chi connectivity index (χ2n) is 4.97.